The van der Waals surface area contributed by atoms with E-state index in [2.05, 4.69) is 10.3 Å². The summed E-state index contributed by atoms with van der Waals surface area (Å²) in [5, 5.41) is 3.92. The van der Waals surface area contributed by atoms with Crippen LogP contribution in [0.1, 0.15) is 11.1 Å². The monoisotopic (exact) mass is 335 g/mol. The Morgan fingerprint density at radius 1 is 1.16 bits per heavy atom. The summed E-state index contributed by atoms with van der Waals surface area (Å²) in [5.41, 5.74) is 3.78. The average Bonchev–Trinajstić information content (AvgIpc) is 2.64. The fourth-order valence-corrected chi connectivity index (χ4v) is 2.71. The molecule has 1 aromatic heterocycles. The quantitative estimate of drug-likeness (QED) is 0.777. The van der Waals surface area contributed by atoms with Gasteiger partial charge in [0, 0.05) is 25.2 Å². The number of pyridine rings is 1. The van der Waals surface area contributed by atoms with Gasteiger partial charge in [0.2, 0.25) is 0 Å². The zero-order valence-electron chi connectivity index (χ0n) is 14.6. The van der Waals surface area contributed by atoms with E-state index < -0.39 is 0 Å². The molecule has 128 valence electrons. The molecule has 0 unspecified atom stereocenters. The van der Waals surface area contributed by atoms with Gasteiger partial charge in [-0.25, -0.2) is 4.79 Å². The Morgan fingerprint density at radius 3 is 2.64 bits per heavy atom. The number of nitrogens with one attached hydrogen (secondary N) is 1. The van der Waals surface area contributed by atoms with Crippen molar-refractivity contribution in [3.05, 3.63) is 65.9 Å². The molecule has 5 heteroatoms. The number of carbonyl (C=O) groups excluding carboxylic acids is 1. The van der Waals surface area contributed by atoms with Gasteiger partial charge < -0.3 is 15.0 Å². The Kier molecular flexibility index (Phi) is 4.84. The molecule has 0 aliphatic carbocycles. The van der Waals surface area contributed by atoms with Crippen LogP contribution in [0.25, 0.3) is 10.9 Å². The van der Waals surface area contributed by atoms with Crippen LogP contribution < -0.4 is 10.1 Å². The van der Waals surface area contributed by atoms with Crippen molar-refractivity contribution >= 4 is 22.6 Å². The minimum Gasteiger partial charge on any atom is -0.497 e. The SMILES string of the molecule is COc1ccc(CN(C)C(=O)Nc2ccc(C)c3ncccc23)cc1. The minimum atomic E-state index is -0.162. The van der Waals surface area contributed by atoms with Crippen molar-refractivity contribution in [3.8, 4) is 5.75 Å². The van der Waals surface area contributed by atoms with Crippen molar-refractivity contribution < 1.29 is 9.53 Å². The Hall–Kier alpha value is -3.08. The van der Waals surface area contributed by atoms with E-state index in [9.17, 15) is 4.79 Å². The van der Waals surface area contributed by atoms with Crippen LogP contribution in [0.15, 0.2) is 54.7 Å². The third-order valence-electron chi connectivity index (χ3n) is 4.14. The van der Waals surface area contributed by atoms with Gasteiger partial charge in [-0.05, 0) is 48.4 Å². The molecule has 1 heterocycles. The van der Waals surface area contributed by atoms with Gasteiger partial charge in [0.05, 0.1) is 18.3 Å². The molecule has 0 spiro atoms. The molecule has 0 fully saturated rings. The first-order valence-electron chi connectivity index (χ1n) is 8.08. The first kappa shape index (κ1) is 16.8. The number of methoxy groups -OCH3 is 1. The number of urea groups is 1. The largest absolute Gasteiger partial charge is 0.497 e. The highest BCUT2D eigenvalue weighted by Gasteiger charge is 2.12. The average molecular weight is 335 g/mol. The lowest BCUT2D eigenvalue weighted by molar-refractivity contribution is 0.220. The van der Waals surface area contributed by atoms with Crippen LogP contribution >= 0.6 is 0 Å². The maximum absolute atomic E-state index is 12.5. The molecular weight excluding hydrogens is 314 g/mol. The molecule has 0 bridgehead atoms. The van der Waals surface area contributed by atoms with Gasteiger partial charge in [0.1, 0.15) is 5.75 Å². The molecule has 3 aromatic rings. The van der Waals surface area contributed by atoms with Crippen LogP contribution in [0.3, 0.4) is 0 Å². The molecule has 3 rings (SSSR count). The van der Waals surface area contributed by atoms with E-state index in [1.807, 2.05) is 55.5 Å². The molecule has 0 atom stereocenters. The second-order valence-electron chi connectivity index (χ2n) is 5.96. The fourth-order valence-electron chi connectivity index (χ4n) is 2.71. The van der Waals surface area contributed by atoms with Crippen LogP contribution in [0.4, 0.5) is 10.5 Å². The van der Waals surface area contributed by atoms with Gasteiger partial charge in [-0.3, -0.25) is 4.98 Å². The third-order valence-corrected chi connectivity index (χ3v) is 4.14. The highest BCUT2D eigenvalue weighted by molar-refractivity contribution is 6.01. The second kappa shape index (κ2) is 7.21. The second-order valence-corrected chi connectivity index (χ2v) is 5.96. The van der Waals surface area contributed by atoms with E-state index in [0.717, 1.165) is 33.5 Å². The van der Waals surface area contributed by atoms with E-state index in [-0.39, 0.29) is 6.03 Å². The van der Waals surface area contributed by atoms with Crippen LogP contribution in [0.5, 0.6) is 5.75 Å². The predicted molar refractivity (Wildman–Crippen MR) is 100.0 cm³/mol. The summed E-state index contributed by atoms with van der Waals surface area (Å²) in [7, 11) is 3.41. The predicted octanol–water partition coefficient (Wildman–Crippen LogP) is 4.22. The molecule has 0 aliphatic rings. The molecule has 25 heavy (non-hydrogen) atoms. The van der Waals surface area contributed by atoms with Gasteiger partial charge in [0.15, 0.2) is 0 Å². The van der Waals surface area contributed by atoms with Crippen LogP contribution in [-0.4, -0.2) is 30.1 Å². The van der Waals surface area contributed by atoms with Crippen molar-refractivity contribution in [3.63, 3.8) is 0 Å². The lowest BCUT2D eigenvalue weighted by atomic mass is 10.1. The number of nitrogens with zero attached hydrogens (tertiary/aromatic N) is 2. The van der Waals surface area contributed by atoms with Gasteiger partial charge in [-0.1, -0.05) is 18.2 Å². The maximum atomic E-state index is 12.5. The highest BCUT2D eigenvalue weighted by atomic mass is 16.5. The van der Waals surface area contributed by atoms with Crippen LogP contribution in [0.2, 0.25) is 0 Å². The highest BCUT2D eigenvalue weighted by Crippen LogP contribution is 2.25. The van der Waals surface area contributed by atoms with Crippen molar-refractivity contribution in [2.24, 2.45) is 0 Å². The minimum absolute atomic E-state index is 0.162. The fraction of sp³-hybridized carbons (Fsp3) is 0.200. The van der Waals surface area contributed by atoms with Crippen molar-refractivity contribution in [1.29, 1.82) is 0 Å². The summed E-state index contributed by atoms with van der Waals surface area (Å²) < 4.78 is 5.15. The molecular formula is C20H21N3O2. The van der Waals surface area contributed by atoms with E-state index >= 15 is 0 Å². The zero-order valence-corrected chi connectivity index (χ0v) is 14.6. The summed E-state index contributed by atoms with van der Waals surface area (Å²) >= 11 is 0. The first-order valence-corrected chi connectivity index (χ1v) is 8.08. The maximum Gasteiger partial charge on any atom is 0.321 e. The molecule has 5 nitrogen and oxygen atoms in total. The van der Waals surface area contributed by atoms with Gasteiger partial charge in [-0.15, -0.1) is 0 Å². The van der Waals surface area contributed by atoms with Gasteiger partial charge >= 0.3 is 6.03 Å². The topological polar surface area (TPSA) is 54.5 Å². The van der Waals surface area contributed by atoms with Crippen molar-refractivity contribution in [1.82, 2.24) is 9.88 Å². The summed E-state index contributed by atoms with van der Waals surface area (Å²) in [6, 6.07) is 15.2. The van der Waals surface area contributed by atoms with E-state index in [4.69, 9.17) is 4.74 Å². The number of amides is 2. The number of fused-ring (bicyclic) bond motifs is 1. The number of aryl methyl sites for hydroxylation is 1. The smallest absolute Gasteiger partial charge is 0.321 e. The number of aromatic nitrogens is 1. The van der Waals surface area contributed by atoms with E-state index in [0.29, 0.717) is 6.54 Å². The molecule has 1 N–H and O–H groups in total. The number of hydrogen-bond donors (Lipinski definition) is 1. The summed E-state index contributed by atoms with van der Waals surface area (Å²) in [4.78, 5) is 18.6. The number of hydrogen-bond acceptors (Lipinski definition) is 3. The Morgan fingerprint density at radius 2 is 1.92 bits per heavy atom. The molecule has 2 amide bonds. The zero-order chi connectivity index (χ0) is 17.8. The van der Waals surface area contributed by atoms with Gasteiger partial charge in [0.25, 0.3) is 0 Å². The van der Waals surface area contributed by atoms with E-state index in [1.165, 1.54) is 0 Å². The lowest BCUT2D eigenvalue weighted by Gasteiger charge is -2.19. The Labute approximate surface area is 147 Å². The van der Waals surface area contributed by atoms with E-state index in [1.54, 1.807) is 25.3 Å². The number of rotatable bonds is 4. The number of benzene rings is 2. The van der Waals surface area contributed by atoms with Crippen LogP contribution in [0, 0.1) is 6.92 Å². The third kappa shape index (κ3) is 3.71. The Bertz CT molecular complexity index is 891. The van der Waals surface area contributed by atoms with Crippen molar-refractivity contribution in [2.45, 2.75) is 13.5 Å². The van der Waals surface area contributed by atoms with Crippen LogP contribution in [-0.2, 0) is 6.54 Å². The number of ether oxygens (including phenoxy) is 1. The standard InChI is InChI=1S/C20H21N3O2/c1-14-6-11-18(17-5-4-12-21-19(14)17)22-20(24)23(2)13-15-7-9-16(25-3)10-8-15/h4-12H,13H2,1-3H3,(H,22,24). The lowest BCUT2D eigenvalue weighted by Crippen LogP contribution is -2.30. The van der Waals surface area contributed by atoms with Crippen molar-refractivity contribution in [2.75, 3.05) is 19.5 Å². The molecule has 0 aliphatic heterocycles. The number of anilines is 1. The summed E-state index contributed by atoms with van der Waals surface area (Å²) in [6.45, 7) is 2.52. The Balaban J connectivity index is 1.74. The first-order chi connectivity index (χ1) is 12.1. The molecule has 2 aromatic carbocycles. The molecule has 0 saturated heterocycles. The molecule has 0 saturated carbocycles. The normalized spacial score (nSPS) is 10.5. The molecule has 0 radical (unpaired) electrons. The van der Waals surface area contributed by atoms with Gasteiger partial charge in [-0.2, -0.15) is 0 Å². The number of carbonyl (C=O) groups is 1. The summed E-state index contributed by atoms with van der Waals surface area (Å²) in [5.74, 6) is 0.800. The summed E-state index contributed by atoms with van der Waals surface area (Å²) in [6.07, 6.45) is 1.76.